The van der Waals surface area contributed by atoms with Crippen LogP contribution in [0.2, 0.25) is 0 Å². The first kappa shape index (κ1) is 13.2. The molecule has 1 aromatic heterocycles. The van der Waals surface area contributed by atoms with Crippen molar-refractivity contribution < 1.29 is 5.11 Å². The molecule has 1 atom stereocenters. The van der Waals surface area contributed by atoms with Gasteiger partial charge in [0.25, 0.3) is 0 Å². The van der Waals surface area contributed by atoms with Gasteiger partial charge in [-0.05, 0) is 32.7 Å². The maximum Gasteiger partial charge on any atom is 0.158 e. The van der Waals surface area contributed by atoms with Crippen molar-refractivity contribution in [2.75, 3.05) is 18.5 Å². The fraction of sp³-hybridized carbons (Fsp3) is 0.667. The first-order valence-corrected chi connectivity index (χ1v) is 6.31. The zero-order valence-corrected chi connectivity index (χ0v) is 10.8. The molecular weight excluding hydrogens is 230 g/mol. The highest BCUT2D eigenvalue weighted by Crippen LogP contribution is 2.22. The molecule has 4 N–H and O–H groups in total. The maximum atomic E-state index is 10.0. The molecule has 2 heterocycles. The second-order valence-electron chi connectivity index (χ2n) is 5.16. The normalized spacial score (nSPS) is 25.7. The molecule has 1 aliphatic heterocycles. The average molecular weight is 251 g/mol. The summed E-state index contributed by atoms with van der Waals surface area (Å²) >= 11 is 0. The lowest BCUT2D eigenvalue weighted by molar-refractivity contribution is 0.0444. The topological polar surface area (TPSA) is 87.3 Å². The molecule has 1 saturated heterocycles. The van der Waals surface area contributed by atoms with Crippen molar-refractivity contribution in [1.29, 1.82) is 0 Å². The minimum absolute atomic E-state index is 0.520. The molecule has 0 aliphatic carbocycles. The smallest absolute Gasteiger partial charge is 0.158 e. The second-order valence-corrected chi connectivity index (χ2v) is 5.16. The van der Waals surface area contributed by atoms with Gasteiger partial charge in [-0.1, -0.05) is 0 Å². The lowest BCUT2D eigenvalue weighted by atomic mass is 9.98. The van der Waals surface area contributed by atoms with Gasteiger partial charge in [-0.3, -0.25) is 9.88 Å². The number of rotatable bonds is 3. The van der Waals surface area contributed by atoms with Gasteiger partial charge in [0.1, 0.15) is 0 Å². The summed E-state index contributed by atoms with van der Waals surface area (Å²) in [6, 6.07) is 0. The van der Waals surface area contributed by atoms with Crippen LogP contribution < -0.4 is 11.3 Å². The summed E-state index contributed by atoms with van der Waals surface area (Å²) in [5, 5.41) is 10.0. The van der Waals surface area contributed by atoms with Crippen molar-refractivity contribution in [2.24, 2.45) is 5.84 Å². The van der Waals surface area contributed by atoms with E-state index in [1.54, 1.807) is 12.4 Å². The van der Waals surface area contributed by atoms with E-state index in [1.807, 2.05) is 6.92 Å². The fourth-order valence-electron chi connectivity index (χ4n) is 2.22. The van der Waals surface area contributed by atoms with Gasteiger partial charge in [0.15, 0.2) is 5.82 Å². The van der Waals surface area contributed by atoms with Gasteiger partial charge < -0.3 is 10.5 Å². The number of hydrogen-bond donors (Lipinski definition) is 3. The van der Waals surface area contributed by atoms with Crippen LogP contribution in [0.4, 0.5) is 5.82 Å². The molecule has 100 valence electrons. The van der Waals surface area contributed by atoms with E-state index in [2.05, 4.69) is 20.3 Å². The zero-order valence-electron chi connectivity index (χ0n) is 10.8. The summed E-state index contributed by atoms with van der Waals surface area (Å²) in [7, 11) is 0. The fourth-order valence-corrected chi connectivity index (χ4v) is 2.22. The molecule has 0 amide bonds. The van der Waals surface area contributed by atoms with E-state index in [9.17, 15) is 5.11 Å². The molecule has 18 heavy (non-hydrogen) atoms. The maximum absolute atomic E-state index is 10.0. The molecule has 0 spiro atoms. The molecule has 1 aliphatic rings. The Morgan fingerprint density at radius 2 is 2.22 bits per heavy atom. The quantitative estimate of drug-likeness (QED) is 0.535. The lowest BCUT2D eigenvalue weighted by Gasteiger charge is -2.22. The minimum atomic E-state index is -0.520. The summed E-state index contributed by atoms with van der Waals surface area (Å²) in [6.07, 6.45) is 6.05. The van der Waals surface area contributed by atoms with E-state index in [0.29, 0.717) is 5.82 Å². The molecule has 0 radical (unpaired) electrons. The van der Waals surface area contributed by atoms with Gasteiger partial charge in [0.05, 0.1) is 23.7 Å². The monoisotopic (exact) mass is 251 g/mol. The van der Waals surface area contributed by atoms with Crippen LogP contribution in [0.15, 0.2) is 12.4 Å². The average Bonchev–Trinajstić information content (AvgIpc) is 2.52. The zero-order chi connectivity index (χ0) is 13.0. The molecule has 6 nitrogen and oxygen atoms in total. The summed E-state index contributed by atoms with van der Waals surface area (Å²) in [4.78, 5) is 10.7. The van der Waals surface area contributed by atoms with Crippen LogP contribution in [0.25, 0.3) is 0 Å². The minimum Gasteiger partial charge on any atom is -0.390 e. The van der Waals surface area contributed by atoms with Gasteiger partial charge in [-0.2, -0.15) is 0 Å². The summed E-state index contributed by atoms with van der Waals surface area (Å²) in [5.74, 6) is 5.81. The van der Waals surface area contributed by atoms with Crippen molar-refractivity contribution >= 4 is 5.82 Å². The molecule has 1 aromatic rings. The van der Waals surface area contributed by atoms with E-state index >= 15 is 0 Å². The molecule has 2 rings (SSSR count). The highest BCUT2D eigenvalue weighted by Gasteiger charge is 2.24. The molecule has 6 heteroatoms. The predicted octanol–water partition coefficient (Wildman–Crippen LogP) is 0.499. The number of hydrogen-bond acceptors (Lipinski definition) is 6. The summed E-state index contributed by atoms with van der Waals surface area (Å²) < 4.78 is 0. The van der Waals surface area contributed by atoms with Crippen LogP contribution in [0.1, 0.15) is 31.9 Å². The van der Waals surface area contributed by atoms with Crippen LogP contribution in [-0.4, -0.2) is 38.7 Å². The summed E-state index contributed by atoms with van der Waals surface area (Å²) in [5.41, 5.74) is 2.86. The standard InChI is InChI=1S/C12H21N5O/c1-12(18)3-2-5-17(6-4-12)9-10-7-15-11(16-13)8-14-10/h7-8,18H,2-6,9,13H2,1H3,(H,15,16). The largest absolute Gasteiger partial charge is 0.390 e. The number of nitrogens with one attached hydrogen (secondary N) is 1. The van der Waals surface area contributed by atoms with Gasteiger partial charge in [-0.15, -0.1) is 0 Å². The number of nitrogen functional groups attached to an aromatic ring is 1. The van der Waals surface area contributed by atoms with Crippen molar-refractivity contribution in [3.8, 4) is 0 Å². The number of aromatic nitrogens is 2. The van der Waals surface area contributed by atoms with Gasteiger partial charge in [-0.25, -0.2) is 10.8 Å². The molecular formula is C12H21N5O. The van der Waals surface area contributed by atoms with E-state index in [4.69, 9.17) is 5.84 Å². The summed E-state index contributed by atoms with van der Waals surface area (Å²) in [6.45, 7) is 4.58. The van der Waals surface area contributed by atoms with E-state index in [1.165, 1.54) is 0 Å². The number of nitrogens with zero attached hydrogens (tertiary/aromatic N) is 3. The Hall–Kier alpha value is -1.24. The molecule has 1 unspecified atom stereocenters. The second kappa shape index (κ2) is 5.60. The third kappa shape index (κ3) is 3.63. The van der Waals surface area contributed by atoms with Gasteiger partial charge in [0, 0.05) is 13.1 Å². The third-order valence-electron chi connectivity index (χ3n) is 3.40. The SMILES string of the molecule is CC1(O)CCCN(Cc2cnc(NN)cn2)CC1. The van der Waals surface area contributed by atoms with E-state index in [0.717, 1.165) is 44.6 Å². The van der Waals surface area contributed by atoms with Crippen molar-refractivity contribution in [1.82, 2.24) is 14.9 Å². The van der Waals surface area contributed by atoms with E-state index < -0.39 is 5.60 Å². The first-order valence-electron chi connectivity index (χ1n) is 6.31. The molecule has 0 bridgehead atoms. The van der Waals surface area contributed by atoms with Crippen molar-refractivity contribution in [2.45, 2.75) is 38.3 Å². The number of aliphatic hydroxyl groups is 1. The van der Waals surface area contributed by atoms with Gasteiger partial charge in [0.2, 0.25) is 0 Å². The molecule has 0 aromatic carbocycles. The van der Waals surface area contributed by atoms with Crippen LogP contribution in [0, 0.1) is 0 Å². The molecule has 0 saturated carbocycles. The third-order valence-corrected chi connectivity index (χ3v) is 3.40. The highest BCUT2D eigenvalue weighted by molar-refractivity contribution is 5.28. The Balaban J connectivity index is 1.92. The first-order chi connectivity index (χ1) is 8.59. The predicted molar refractivity (Wildman–Crippen MR) is 69.6 cm³/mol. The number of anilines is 1. The van der Waals surface area contributed by atoms with Crippen LogP contribution in [-0.2, 0) is 6.54 Å². The van der Waals surface area contributed by atoms with Crippen LogP contribution in [0.5, 0.6) is 0 Å². The molecule has 1 fully saturated rings. The van der Waals surface area contributed by atoms with Crippen molar-refractivity contribution in [3.05, 3.63) is 18.1 Å². The number of likely N-dealkylation sites (tertiary alicyclic amines) is 1. The highest BCUT2D eigenvalue weighted by atomic mass is 16.3. The Kier molecular flexibility index (Phi) is 4.11. The Morgan fingerprint density at radius 1 is 1.39 bits per heavy atom. The van der Waals surface area contributed by atoms with Crippen LogP contribution >= 0.6 is 0 Å². The van der Waals surface area contributed by atoms with E-state index in [-0.39, 0.29) is 0 Å². The lowest BCUT2D eigenvalue weighted by Crippen LogP contribution is -2.28. The number of hydrazine groups is 1. The van der Waals surface area contributed by atoms with Crippen LogP contribution in [0.3, 0.4) is 0 Å². The number of nitrogens with two attached hydrogens (primary N) is 1. The Bertz CT molecular complexity index is 379. The van der Waals surface area contributed by atoms with Gasteiger partial charge >= 0.3 is 0 Å². The Labute approximate surface area is 107 Å². The Morgan fingerprint density at radius 3 is 2.89 bits per heavy atom. The van der Waals surface area contributed by atoms with Crippen molar-refractivity contribution in [3.63, 3.8) is 0 Å².